The summed E-state index contributed by atoms with van der Waals surface area (Å²) in [6, 6.07) is 9.73. The van der Waals surface area contributed by atoms with Crippen LogP contribution in [0.5, 0.6) is 0 Å². The largest absolute Gasteiger partial charge is 0.234 e. The van der Waals surface area contributed by atoms with E-state index in [9.17, 15) is 8.42 Å². The normalized spacial score (nSPS) is 21.0. The second-order valence-corrected chi connectivity index (χ2v) is 8.34. The SMILES string of the molecule is O=S1(=O)CC[C@H](c2nn3c(-c4ccccc4)nnc3s2)C1. The zero-order valence-corrected chi connectivity index (χ0v) is 12.6. The van der Waals surface area contributed by atoms with Crippen LogP contribution in [0.2, 0.25) is 0 Å². The fourth-order valence-corrected chi connectivity index (χ4v) is 5.38. The third-order valence-electron chi connectivity index (χ3n) is 3.62. The Morgan fingerprint density at radius 3 is 2.71 bits per heavy atom. The molecule has 108 valence electrons. The Morgan fingerprint density at radius 1 is 1.19 bits per heavy atom. The molecule has 2 aromatic heterocycles. The lowest BCUT2D eigenvalue weighted by molar-refractivity contribution is 0.601. The van der Waals surface area contributed by atoms with Crippen LogP contribution in [0.1, 0.15) is 17.3 Å². The fourth-order valence-electron chi connectivity index (χ4n) is 2.55. The summed E-state index contributed by atoms with van der Waals surface area (Å²) in [5.74, 6) is 1.13. The minimum absolute atomic E-state index is 0.00896. The van der Waals surface area contributed by atoms with Crippen LogP contribution in [0.3, 0.4) is 0 Å². The van der Waals surface area contributed by atoms with Crippen molar-refractivity contribution in [3.8, 4) is 11.4 Å². The Bertz CT molecular complexity index is 899. The van der Waals surface area contributed by atoms with Crippen LogP contribution in [-0.4, -0.2) is 39.7 Å². The first kappa shape index (κ1) is 12.9. The highest BCUT2D eigenvalue weighted by Crippen LogP contribution is 2.32. The molecule has 4 rings (SSSR count). The average molecular weight is 320 g/mol. The van der Waals surface area contributed by atoms with E-state index >= 15 is 0 Å². The molecular weight excluding hydrogens is 308 g/mol. The lowest BCUT2D eigenvalue weighted by atomic mass is 10.1. The molecule has 8 heteroatoms. The maximum atomic E-state index is 11.6. The van der Waals surface area contributed by atoms with Gasteiger partial charge in [-0.05, 0) is 6.42 Å². The molecule has 1 atom stereocenters. The molecule has 0 saturated carbocycles. The van der Waals surface area contributed by atoms with Crippen molar-refractivity contribution in [3.05, 3.63) is 35.3 Å². The monoisotopic (exact) mass is 320 g/mol. The quantitative estimate of drug-likeness (QED) is 0.719. The molecule has 3 heterocycles. The smallest absolute Gasteiger partial charge is 0.229 e. The number of sulfone groups is 1. The van der Waals surface area contributed by atoms with Gasteiger partial charge in [-0.3, -0.25) is 0 Å². The van der Waals surface area contributed by atoms with Gasteiger partial charge in [-0.15, -0.1) is 10.2 Å². The summed E-state index contributed by atoms with van der Waals surface area (Å²) in [5.41, 5.74) is 0.945. The molecule has 1 saturated heterocycles. The molecule has 1 aliphatic rings. The predicted molar refractivity (Wildman–Crippen MR) is 80.1 cm³/mol. The molecule has 6 nitrogen and oxygen atoms in total. The molecule has 0 radical (unpaired) electrons. The van der Waals surface area contributed by atoms with Gasteiger partial charge in [-0.25, -0.2) is 8.42 Å². The van der Waals surface area contributed by atoms with E-state index < -0.39 is 9.84 Å². The van der Waals surface area contributed by atoms with Crippen LogP contribution >= 0.6 is 11.3 Å². The van der Waals surface area contributed by atoms with Gasteiger partial charge in [0.25, 0.3) is 0 Å². The number of aromatic nitrogens is 4. The van der Waals surface area contributed by atoms with E-state index in [-0.39, 0.29) is 17.4 Å². The summed E-state index contributed by atoms with van der Waals surface area (Å²) in [5, 5.41) is 13.7. The van der Waals surface area contributed by atoms with E-state index in [1.54, 1.807) is 4.52 Å². The molecule has 0 aliphatic carbocycles. The molecule has 3 aromatic rings. The second kappa shape index (κ2) is 4.60. The first-order valence-electron chi connectivity index (χ1n) is 6.60. The van der Waals surface area contributed by atoms with Crippen molar-refractivity contribution < 1.29 is 8.42 Å². The third kappa shape index (κ3) is 2.24. The molecule has 0 bridgehead atoms. The number of nitrogens with zero attached hydrogens (tertiary/aromatic N) is 4. The minimum atomic E-state index is -2.91. The molecule has 1 aromatic carbocycles. The van der Waals surface area contributed by atoms with E-state index in [1.165, 1.54) is 11.3 Å². The van der Waals surface area contributed by atoms with Crippen LogP contribution in [0.15, 0.2) is 30.3 Å². The number of benzene rings is 1. The lowest BCUT2D eigenvalue weighted by Crippen LogP contribution is -2.04. The highest BCUT2D eigenvalue weighted by Gasteiger charge is 2.32. The molecule has 1 fully saturated rings. The van der Waals surface area contributed by atoms with Gasteiger partial charge in [0.05, 0.1) is 11.5 Å². The molecule has 0 spiro atoms. The Kier molecular flexibility index (Phi) is 2.83. The van der Waals surface area contributed by atoms with Crippen LogP contribution < -0.4 is 0 Å². The number of hydrogen-bond donors (Lipinski definition) is 0. The Morgan fingerprint density at radius 2 is 2.00 bits per heavy atom. The molecule has 1 aliphatic heterocycles. The highest BCUT2D eigenvalue weighted by molar-refractivity contribution is 7.91. The molecule has 0 unspecified atom stereocenters. The van der Waals surface area contributed by atoms with Crippen molar-refractivity contribution >= 4 is 26.1 Å². The van der Waals surface area contributed by atoms with Crippen LogP contribution in [0, 0.1) is 0 Å². The van der Waals surface area contributed by atoms with Crippen molar-refractivity contribution in [1.29, 1.82) is 0 Å². The van der Waals surface area contributed by atoms with Gasteiger partial charge in [-0.1, -0.05) is 41.7 Å². The minimum Gasteiger partial charge on any atom is -0.229 e. The summed E-state index contributed by atoms with van der Waals surface area (Å²) in [6.07, 6.45) is 0.646. The fraction of sp³-hybridized carbons (Fsp3) is 0.308. The first-order chi connectivity index (χ1) is 10.1. The predicted octanol–water partition coefficient (Wildman–Crippen LogP) is 1.75. The second-order valence-electron chi connectivity index (χ2n) is 5.12. The van der Waals surface area contributed by atoms with E-state index in [4.69, 9.17) is 0 Å². The van der Waals surface area contributed by atoms with Crippen molar-refractivity contribution in [2.24, 2.45) is 0 Å². The summed E-state index contributed by atoms with van der Waals surface area (Å²) in [6.45, 7) is 0. The van der Waals surface area contributed by atoms with E-state index in [2.05, 4.69) is 15.3 Å². The average Bonchev–Trinajstić information content (AvgIpc) is 3.12. The number of rotatable bonds is 2. The summed E-state index contributed by atoms with van der Waals surface area (Å²) >= 11 is 1.42. The summed E-state index contributed by atoms with van der Waals surface area (Å²) in [4.78, 5) is 0.702. The standard InChI is InChI=1S/C13H12N4O2S2/c18-21(19)7-6-10(8-21)12-16-17-11(14-15-13(17)20-12)9-4-2-1-3-5-9/h1-5,10H,6-8H2/t10-/m0/s1. The Balaban J connectivity index is 1.77. The van der Waals surface area contributed by atoms with Gasteiger partial charge in [0.2, 0.25) is 4.96 Å². The van der Waals surface area contributed by atoms with Crippen LogP contribution in [-0.2, 0) is 9.84 Å². The van der Waals surface area contributed by atoms with Crippen molar-refractivity contribution in [3.63, 3.8) is 0 Å². The van der Waals surface area contributed by atoms with Gasteiger partial charge < -0.3 is 0 Å². The number of fused-ring (bicyclic) bond motifs is 1. The van der Waals surface area contributed by atoms with E-state index in [1.807, 2.05) is 30.3 Å². The van der Waals surface area contributed by atoms with E-state index in [0.29, 0.717) is 17.2 Å². The number of hydrogen-bond acceptors (Lipinski definition) is 6. The molecular formula is C13H12N4O2S2. The first-order valence-corrected chi connectivity index (χ1v) is 9.24. The molecule has 21 heavy (non-hydrogen) atoms. The molecule has 0 N–H and O–H groups in total. The Hall–Kier alpha value is -1.80. The summed E-state index contributed by atoms with van der Waals surface area (Å²) < 4.78 is 24.9. The van der Waals surface area contributed by atoms with E-state index in [0.717, 1.165) is 10.6 Å². The lowest BCUT2D eigenvalue weighted by Gasteiger charge is -2.00. The van der Waals surface area contributed by atoms with Gasteiger partial charge in [0.1, 0.15) is 5.01 Å². The summed E-state index contributed by atoms with van der Waals surface area (Å²) in [7, 11) is -2.91. The maximum Gasteiger partial charge on any atom is 0.234 e. The van der Waals surface area contributed by atoms with Gasteiger partial charge in [0, 0.05) is 11.5 Å². The van der Waals surface area contributed by atoms with Crippen molar-refractivity contribution in [2.45, 2.75) is 12.3 Å². The van der Waals surface area contributed by atoms with Gasteiger partial charge >= 0.3 is 0 Å². The Labute approximate surface area is 125 Å². The van der Waals surface area contributed by atoms with Crippen LogP contribution in [0.4, 0.5) is 0 Å². The molecule has 0 amide bonds. The highest BCUT2D eigenvalue weighted by atomic mass is 32.2. The zero-order valence-electron chi connectivity index (χ0n) is 11.0. The third-order valence-corrected chi connectivity index (χ3v) is 6.45. The van der Waals surface area contributed by atoms with Crippen LogP contribution in [0.25, 0.3) is 16.3 Å². The van der Waals surface area contributed by atoms with Gasteiger partial charge in [0.15, 0.2) is 15.7 Å². The van der Waals surface area contributed by atoms with Crippen molar-refractivity contribution in [1.82, 2.24) is 19.8 Å². The zero-order chi connectivity index (χ0) is 14.4. The topological polar surface area (TPSA) is 77.2 Å². The maximum absolute atomic E-state index is 11.6. The van der Waals surface area contributed by atoms with Crippen molar-refractivity contribution in [2.75, 3.05) is 11.5 Å². The van der Waals surface area contributed by atoms with Gasteiger partial charge in [-0.2, -0.15) is 9.61 Å².